The third kappa shape index (κ3) is 4.39. The molecule has 1 N–H and O–H groups in total. The molecule has 30 heavy (non-hydrogen) atoms. The van der Waals surface area contributed by atoms with Crippen molar-refractivity contribution in [2.45, 2.75) is 0 Å². The van der Waals surface area contributed by atoms with Crippen LogP contribution in [0.3, 0.4) is 0 Å². The quantitative estimate of drug-likeness (QED) is 0.317. The fourth-order valence-electron chi connectivity index (χ4n) is 2.43. The van der Waals surface area contributed by atoms with E-state index in [-0.39, 0.29) is 27.9 Å². The van der Waals surface area contributed by atoms with Crippen LogP contribution in [0.2, 0.25) is 5.02 Å². The van der Waals surface area contributed by atoms with Crippen molar-refractivity contribution in [2.24, 2.45) is 5.10 Å². The monoisotopic (exact) mass is 431 g/mol. The van der Waals surface area contributed by atoms with E-state index in [4.69, 9.17) is 16.0 Å². The number of rotatable bonds is 7. The maximum absolute atomic E-state index is 11.1. The molecule has 0 unspecified atom stereocenters. The SMILES string of the molecule is O=[N+]([O-])c1ccc(Cl)c(-c2ccc(C=NNc3ccc([N+](=O)[O-])cc3[N+](=O)[O-])o2)c1. The van der Waals surface area contributed by atoms with Crippen molar-refractivity contribution in [3.63, 3.8) is 0 Å². The zero-order valence-corrected chi connectivity index (χ0v) is 15.5. The van der Waals surface area contributed by atoms with Gasteiger partial charge in [0, 0.05) is 23.8 Å². The summed E-state index contributed by atoms with van der Waals surface area (Å²) in [7, 11) is 0. The van der Waals surface area contributed by atoms with Gasteiger partial charge in [-0.1, -0.05) is 11.6 Å². The molecule has 3 aromatic rings. The van der Waals surface area contributed by atoms with E-state index in [1.165, 1.54) is 36.5 Å². The van der Waals surface area contributed by atoms with Crippen molar-refractivity contribution in [3.8, 4) is 11.3 Å². The van der Waals surface area contributed by atoms with Crippen LogP contribution >= 0.6 is 11.6 Å². The Bertz CT molecular complexity index is 1190. The minimum absolute atomic E-state index is 0.0599. The summed E-state index contributed by atoms with van der Waals surface area (Å²) >= 11 is 6.07. The highest BCUT2D eigenvalue weighted by molar-refractivity contribution is 6.33. The standard InChI is InChI=1S/C17H10ClN5O7/c18-14-4-1-10(21(24)25)7-13(14)17-6-3-12(30-17)9-19-20-15-5-2-11(22(26)27)8-16(15)23(28)29/h1-9,20H. The van der Waals surface area contributed by atoms with Crippen LogP contribution in [0.1, 0.15) is 5.76 Å². The number of benzene rings is 2. The molecule has 0 saturated carbocycles. The van der Waals surface area contributed by atoms with Crippen LogP contribution in [-0.2, 0) is 0 Å². The van der Waals surface area contributed by atoms with E-state index >= 15 is 0 Å². The molecule has 12 nitrogen and oxygen atoms in total. The molecule has 0 atom stereocenters. The molecule has 0 aliphatic carbocycles. The van der Waals surface area contributed by atoms with Crippen LogP contribution in [0, 0.1) is 30.3 Å². The molecule has 0 amide bonds. The Morgan fingerprint density at radius 1 is 0.900 bits per heavy atom. The topological polar surface area (TPSA) is 167 Å². The molecule has 0 saturated heterocycles. The summed E-state index contributed by atoms with van der Waals surface area (Å²) in [6, 6.07) is 10.0. The molecule has 1 aromatic heterocycles. The van der Waals surface area contributed by atoms with Gasteiger partial charge in [-0.15, -0.1) is 0 Å². The molecule has 152 valence electrons. The molecule has 2 aromatic carbocycles. The number of non-ortho nitro benzene ring substituents is 2. The molecule has 1 heterocycles. The highest BCUT2D eigenvalue weighted by atomic mass is 35.5. The lowest BCUT2D eigenvalue weighted by atomic mass is 10.1. The normalized spacial score (nSPS) is 10.8. The second kappa shape index (κ2) is 8.36. The maximum Gasteiger partial charge on any atom is 0.301 e. The number of anilines is 1. The van der Waals surface area contributed by atoms with Gasteiger partial charge in [0.25, 0.3) is 11.4 Å². The van der Waals surface area contributed by atoms with Gasteiger partial charge in [0.1, 0.15) is 17.2 Å². The molecular weight excluding hydrogens is 422 g/mol. The number of hydrazone groups is 1. The molecule has 0 aliphatic rings. The van der Waals surface area contributed by atoms with Crippen molar-refractivity contribution in [1.29, 1.82) is 0 Å². The van der Waals surface area contributed by atoms with Gasteiger partial charge in [-0.25, -0.2) is 0 Å². The molecule has 3 rings (SSSR count). The smallest absolute Gasteiger partial charge is 0.301 e. The lowest BCUT2D eigenvalue weighted by molar-refractivity contribution is -0.393. The van der Waals surface area contributed by atoms with E-state index in [0.29, 0.717) is 5.56 Å². The number of hydrogen-bond donors (Lipinski definition) is 1. The average Bonchev–Trinajstić information content (AvgIpc) is 3.16. The van der Waals surface area contributed by atoms with Gasteiger partial charge in [0.2, 0.25) is 0 Å². The second-order valence-electron chi connectivity index (χ2n) is 5.71. The summed E-state index contributed by atoms with van der Waals surface area (Å²) in [5.41, 5.74) is 1.56. The Kier molecular flexibility index (Phi) is 5.69. The molecule has 13 heteroatoms. The summed E-state index contributed by atoms with van der Waals surface area (Å²) in [6.07, 6.45) is 1.21. The number of nitro groups is 3. The predicted molar refractivity (Wildman–Crippen MR) is 107 cm³/mol. The van der Waals surface area contributed by atoms with Gasteiger partial charge in [0.05, 0.1) is 32.1 Å². The summed E-state index contributed by atoms with van der Waals surface area (Å²) in [5.74, 6) is 0.483. The maximum atomic E-state index is 11.1. The van der Waals surface area contributed by atoms with Crippen LogP contribution < -0.4 is 5.43 Å². The first kappa shape index (κ1) is 20.4. The third-order valence-corrected chi connectivity index (χ3v) is 4.15. The van der Waals surface area contributed by atoms with Gasteiger partial charge < -0.3 is 4.42 Å². The Morgan fingerprint density at radius 3 is 2.23 bits per heavy atom. The summed E-state index contributed by atoms with van der Waals surface area (Å²) in [6.45, 7) is 0. The number of nitrogens with one attached hydrogen (secondary N) is 1. The average molecular weight is 432 g/mol. The van der Waals surface area contributed by atoms with Crippen LogP contribution in [0.15, 0.2) is 58.0 Å². The molecule has 0 radical (unpaired) electrons. The fraction of sp³-hybridized carbons (Fsp3) is 0. The van der Waals surface area contributed by atoms with Gasteiger partial charge >= 0.3 is 5.69 Å². The molecule has 0 spiro atoms. The van der Waals surface area contributed by atoms with Crippen molar-refractivity contribution < 1.29 is 19.2 Å². The van der Waals surface area contributed by atoms with Crippen molar-refractivity contribution in [3.05, 3.63) is 89.7 Å². The van der Waals surface area contributed by atoms with Crippen molar-refractivity contribution >= 4 is 40.6 Å². The van der Waals surface area contributed by atoms with Crippen LogP contribution in [0.25, 0.3) is 11.3 Å². The van der Waals surface area contributed by atoms with E-state index in [1.54, 1.807) is 0 Å². The zero-order valence-electron chi connectivity index (χ0n) is 14.7. The molecule has 0 aliphatic heterocycles. The molecule has 0 fully saturated rings. The van der Waals surface area contributed by atoms with Gasteiger partial charge in [-0.3, -0.25) is 35.8 Å². The second-order valence-corrected chi connectivity index (χ2v) is 6.12. The highest BCUT2D eigenvalue weighted by Gasteiger charge is 2.19. The van der Waals surface area contributed by atoms with E-state index in [0.717, 1.165) is 18.2 Å². The molecule has 0 bridgehead atoms. The van der Waals surface area contributed by atoms with Crippen LogP contribution in [0.4, 0.5) is 22.7 Å². The summed E-state index contributed by atoms with van der Waals surface area (Å²) < 4.78 is 5.53. The first-order chi connectivity index (χ1) is 14.3. The summed E-state index contributed by atoms with van der Waals surface area (Å²) in [5, 5.41) is 36.9. The number of halogens is 1. The minimum atomic E-state index is -0.778. The first-order valence-corrected chi connectivity index (χ1v) is 8.40. The number of nitrogens with zero attached hydrogens (tertiary/aromatic N) is 4. The van der Waals surface area contributed by atoms with Gasteiger partial charge in [-0.05, 0) is 24.3 Å². The Balaban J connectivity index is 1.81. The molecular formula is C17H10ClN5O7. The van der Waals surface area contributed by atoms with E-state index in [9.17, 15) is 30.3 Å². The number of furan rings is 1. The first-order valence-electron chi connectivity index (χ1n) is 8.02. The summed E-state index contributed by atoms with van der Waals surface area (Å²) in [4.78, 5) is 30.7. The van der Waals surface area contributed by atoms with Crippen LogP contribution in [-0.4, -0.2) is 21.0 Å². The van der Waals surface area contributed by atoms with Crippen LogP contribution in [0.5, 0.6) is 0 Å². The number of nitro benzene ring substituents is 3. The van der Waals surface area contributed by atoms with Gasteiger partial charge in [0.15, 0.2) is 0 Å². The van der Waals surface area contributed by atoms with Crippen molar-refractivity contribution in [2.75, 3.05) is 5.43 Å². The van der Waals surface area contributed by atoms with Gasteiger partial charge in [-0.2, -0.15) is 5.10 Å². The largest absolute Gasteiger partial charge is 0.455 e. The fourth-order valence-corrected chi connectivity index (χ4v) is 2.64. The third-order valence-electron chi connectivity index (χ3n) is 3.82. The number of hydrogen-bond acceptors (Lipinski definition) is 9. The predicted octanol–water partition coefficient (Wildman–Crippen LogP) is 4.77. The van der Waals surface area contributed by atoms with E-state index < -0.39 is 26.1 Å². The Hall–Kier alpha value is -4.32. The zero-order chi connectivity index (χ0) is 21.8. The van der Waals surface area contributed by atoms with Crippen molar-refractivity contribution in [1.82, 2.24) is 0 Å². The Morgan fingerprint density at radius 2 is 1.57 bits per heavy atom. The minimum Gasteiger partial charge on any atom is -0.455 e. The lowest BCUT2D eigenvalue weighted by Crippen LogP contribution is -1.98. The van der Waals surface area contributed by atoms with E-state index in [2.05, 4.69) is 10.5 Å². The Labute approximate surface area is 171 Å². The lowest BCUT2D eigenvalue weighted by Gasteiger charge is -2.02. The van der Waals surface area contributed by atoms with E-state index in [1.807, 2.05) is 0 Å². The highest BCUT2D eigenvalue weighted by Crippen LogP contribution is 2.32.